The van der Waals surface area contributed by atoms with Gasteiger partial charge in [0.05, 0.1) is 16.2 Å². The van der Waals surface area contributed by atoms with Crippen molar-refractivity contribution in [3.63, 3.8) is 0 Å². The van der Waals surface area contributed by atoms with Crippen molar-refractivity contribution in [2.24, 2.45) is 0 Å². The van der Waals surface area contributed by atoms with Gasteiger partial charge < -0.3 is 16.2 Å². The van der Waals surface area contributed by atoms with Crippen LogP contribution in [0.1, 0.15) is 55.6 Å². The molecule has 1 fully saturated rings. The van der Waals surface area contributed by atoms with Crippen LogP contribution in [0.3, 0.4) is 0 Å². The lowest BCUT2D eigenvalue weighted by atomic mass is 10.0. The number of hydrogen-bond acceptors (Lipinski definition) is 6. The van der Waals surface area contributed by atoms with Crippen LogP contribution >= 0.6 is 27.5 Å². The molecule has 2 amide bonds. The van der Waals surface area contributed by atoms with Crippen molar-refractivity contribution in [2.75, 3.05) is 24.6 Å². The highest BCUT2D eigenvalue weighted by atomic mass is 79.9. The Kier molecular flexibility index (Phi) is 9.39. The van der Waals surface area contributed by atoms with Crippen LogP contribution in [-0.4, -0.2) is 65.7 Å². The molecule has 0 spiro atoms. The minimum absolute atomic E-state index is 0.0320. The van der Waals surface area contributed by atoms with Gasteiger partial charge in [-0.2, -0.15) is 0 Å². The zero-order chi connectivity index (χ0) is 28.4. The number of nitrogens with zero attached hydrogens (tertiary/aromatic N) is 2. The number of carbonyl (C=O) groups excluding carboxylic acids is 1. The minimum Gasteiger partial charge on any atom is -0.465 e. The Bertz CT molecular complexity index is 1330. The Morgan fingerprint density at radius 2 is 1.92 bits per heavy atom. The molecule has 208 valence electrons. The van der Waals surface area contributed by atoms with E-state index in [0.29, 0.717) is 28.1 Å². The summed E-state index contributed by atoms with van der Waals surface area (Å²) >= 11 is 9.62. The summed E-state index contributed by atoms with van der Waals surface area (Å²) in [5.74, 6) is -0.516. The number of likely N-dealkylation sites (tertiary alicyclic amines) is 1. The molecule has 1 atom stereocenters. The summed E-state index contributed by atoms with van der Waals surface area (Å²) < 4.78 is 25.6. The molecule has 1 aliphatic rings. The molecule has 0 unspecified atom stereocenters. The fraction of sp³-hybridized carbons (Fsp3) is 0.462. The first kappa shape index (κ1) is 30.2. The van der Waals surface area contributed by atoms with Crippen LogP contribution in [0.5, 0.6) is 0 Å². The Morgan fingerprint density at radius 3 is 2.53 bits per heavy atom. The standard InChI is InChI=1S/C26H34BrClN4O5S/c1-5-38(36,37)23-7-6-18(28)10-16(23)13-30-24(33)20-12-21(27)17(11-22(20)29)14-31-9-8-19(15-31)32(25(34)35)26(2,3)4/h6-7,10-12,19H,5,8-9,13-15,29H2,1-4H3,(H,30,33)(H,34,35)/t19-/m1/s1. The Labute approximate surface area is 237 Å². The predicted octanol–water partition coefficient (Wildman–Crippen LogP) is 4.76. The van der Waals surface area contributed by atoms with E-state index in [0.717, 1.165) is 18.5 Å². The first-order valence-corrected chi connectivity index (χ1v) is 15.1. The maximum Gasteiger partial charge on any atom is 0.408 e. The fourth-order valence-electron chi connectivity index (χ4n) is 4.77. The third-order valence-corrected chi connectivity index (χ3v) is 9.38. The van der Waals surface area contributed by atoms with Gasteiger partial charge in [0, 0.05) is 52.9 Å². The zero-order valence-electron chi connectivity index (χ0n) is 21.9. The third-order valence-electron chi connectivity index (χ3n) is 6.58. The lowest BCUT2D eigenvalue weighted by Gasteiger charge is -2.38. The van der Waals surface area contributed by atoms with Crippen molar-refractivity contribution in [1.82, 2.24) is 15.1 Å². The Morgan fingerprint density at radius 1 is 1.24 bits per heavy atom. The average Bonchev–Trinajstić information content (AvgIpc) is 3.25. The molecular formula is C26H34BrClN4O5S. The van der Waals surface area contributed by atoms with Gasteiger partial charge in [-0.25, -0.2) is 13.2 Å². The molecule has 0 radical (unpaired) electrons. The second-order valence-corrected chi connectivity index (χ2v) is 13.9. The lowest BCUT2D eigenvalue weighted by molar-refractivity contribution is 0.0718. The molecule has 1 aliphatic heterocycles. The van der Waals surface area contributed by atoms with Crippen LogP contribution in [0.15, 0.2) is 39.7 Å². The van der Waals surface area contributed by atoms with Crippen LogP contribution in [0.4, 0.5) is 10.5 Å². The molecule has 1 heterocycles. The largest absolute Gasteiger partial charge is 0.465 e. The second kappa shape index (κ2) is 11.8. The highest BCUT2D eigenvalue weighted by Crippen LogP contribution is 2.29. The summed E-state index contributed by atoms with van der Waals surface area (Å²) in [5, 5.41) is 12.8. The van der Waals surface area contributed by atoms with Gasteiger partial charge in [-0.1, -0.05) is 34.5 Å². The van der Waals surface area contributed by atoms with Crippen molar-refractivity contribution in [3.05, 3.63) is 56.5 Å². The van der Waals surface area contributed by atoms with Gasteiger partial charge in [-0.15, -0.1) is 0 Å². The topological polar surface area (TPSA) is 133 Å². The number of nitrogens with two attached hydrogens (primary N) is 1. The molecule has 2 aromatic rings. The summed E-state index contributed by atoms with van der Waals surface area (Å²) in [4.78, 5) is 28.6. The molecule has 3 rings (SSSR count). The van der Waals surface area contributed by atoms with E-state index < -0.39 is 27.4 Å². The number of nitrogen functional groups attached to an aromatic ring is 1. The highest BCUT2D eigenvalue weighted by molar-refractivity contribution is 9.10. The summed E-state index contributed by atoms with van der Waals surface area (Å²) in [6.45, 7) is 9.07. The van der Waals surface area contributed by atoms with Crippen molar-refractivity contribution < 1.29 is 23.1 Å². The molecule has 9 nitrogen and oxygen atoms in total. The van der Waals surface area contributed by atoms with Crippen molar-refractivity contribution in [3.8, 4) is 0 Å². The summed E-state index contributed by atoms with van der Waals surface area (Å²) in [6.07, 6.45) is -0.196. The van der Waals surface area contributed by atoms with E-state index in [1.54, 1.807) is 19.1 Å². The number of halogens is 2. The van der Waals surface area contributed by atoms with Crippen molar-refractivity contribution in [2.45, 2.75) is 63.7 Å². The first-order valence-electron chi connectivity index (χ1n) is 12.3. The molecule has 0 aliphatic carbocycles. The molecular weight excluding hydrogens is 596 g/mol. The number of carbonyl (C=O) groups is 2. The normalized spacial score (nSPS) is 16.4. The van der Waals surface area contributed by atoms with E-state index in [1.807, 2.05) is 20.8 Å². The molecule has 0 saturated carbocycles. The summed E-state index contributed by atoms with van der Waals surface area (Å²) in [6, 6.07) is 7.75. The quantitative estimate of drug-likeness (QED) is 0.359. The number of anilines is 1. The number of sulfone groups is 1. The summed E-state index contributed by atoms with van der Waals surface area (Å²) in [5.41, 5.74) is 7.56. The van der Waals surface area contributed by atoms with Crippen LogP contribution < -0.4 is 11.1 Å². The number of nitrogens with one attached hydrogen (secondary N) is 1. The molecule has 0 bridgehead atoms. The van der Waals surface area contributed by atoms with Gasteiger partial charge in [-0.05, 0) is 68.7 Å². The number of rotatable bonds is 8. The van der Waals surface area contributed by atoms with Crippen LogP contribution in [0, 0.1) is 0 Å². The number of amides is 2. The summed E-state index contributed by atoms with van der Waals surface area (Å²) in [7, 11) is -3.50. The van der Waals surface area contributed by atoms with Crippen molar-refractivity contribution in [1.29, 1.82) is 0 Å². The molecule has 1 saturated heterocycles. The minimum atomic E-state index is -3.50. The number of carboxylic acid groups (broad SMARTS) is 1. The van der Waals surface area contributed by atoms with Gasteiger partial charge in [0.15, 0.2) is 9.84 Å². The second-order valence-electron chi connectivity index (χ2n) is 10.4. The Balaban J connectivity index is 1.72. The SMILES string of the molecule is CCS(=O)(=O)c1ccc(Cl)cc1CNC(=O)c1cc(Br)c(CN2CC[C@@H](N(C(=O)O)C(C)(C)C)C2)cc1N. The van der Waals surface area contributed by atoms with Crippen LogP contribution in [0.25, 0.3) is 0 Å². The van der Waals surface area contributed by atoms with Gasteiger partial charge >= 0.3 is 6.09 Å². The first-order chi connectivity index (χ1) is 17.6. The predicted molar refractivity (Wildman–Crippen MR) is 152 cm³/mol. The molecule has 4 N–H and O–H groups in total. The van der Waals surface area contributed by atoms with E-state index in [9.17, 15) is 23.1 Å². The highest BCUT2D eigenvalue weighted by Gasteiger charge is 2.37. The molecule has 2 aromatic carbocycles. The van der Waals surface area contributed by atoms with E-state index in [2.05, 4.69) is 26.1 Å². The van der Waals surface area contributed by atoms with Crippen LogP contribution in [0.2, 0.25) is 5.02 Å². The van der Waals surface area contributed by atoms with Gasteiger partial charge in [-0.3, -0.25) is 14.6 Å². The van der Waals surface area contributed by atoms with E-state index in [1.165, 1.54) is 23.1 Å². The van der Waals surface area contributed by atoms with E-state index >= 15 is 0 Å². The zero-order valence-corrected chi connectivity index (χ0v) is 25.1. The van der Waals surface area contributed by atoms with Gasteiger partial charge in [0.1, 0.15) is 0 Å². The van der Waals surface area contributed by atoms with E-state index in [-0.39, 0.29) is 34.5 Å². The average molecular weight is 630 g/mol. The maximum atomic E-state index is 13.0. The smallest absolute Gasteiger partial charge is 0.408 e. The number of benzene rings is 2. The molecule has 12 heteroatoms. The lowest BCUT2D eigenvalue weighted by Crippen LogP contribution is -2.52. The van der Waals surface area contributed by atoms with E-state index in [4.69, 9.17) is 17.3 Å². The Hall–Kier alpha value is -2.34. The van der Waals surface area contributed by atoms with Crippen molar-refractivity contribution >= 4 is 55.1 Å². The fourth-order valence-corrected chi connectivity index (χ4v) is 6.55. The maximum absolute atomic E-state index is 13.0. The third kappa shape index (κ3) is 6.99. The molecule has 0 aromatic heterocycles. The van der Waals surface area contributed by atoms with Gasteiger partial charge in [0.2, 0.25) is 0 Å². The molecule has 38 heavy (non-hydrogen) atoms. The number of hydrogen-bond donors (Lipinski definition) is 3. The monoisotopic (exact) mass is 628 g/mol. The van der Waals surface area contributed by atoms with Gasteiger partial charge in [0.25, 0.3) is 5.91 Å². The van der Waals surface area contributed by atoms with Crippen LogP contribution in [-0.2, 0) is 22.9 Å².